The van der Waals surface area contributed by atoms with E-state index in [1.54, 1.807) is 6.92 Å². The summed E-state index contributed by atoms with van der Waals surface area (Å²) in [6.45, 7) is 6.87. The molecule has 2 amide bonds. The van der Waals surface area contributed by atoms with Crippen LogP contribution in [0, 0.1) is 0 Å². The highest BCUT2D eigenvalue weighted by Gasteiger charge is 2.31. The first-order chi connectivity index (χ1) is 15.7. The molecule has 0 bridgehead atoms. The number of nitrogens with one attached hydrogen (secondary N) is 1. The van der Waals surface area contributed by atoms with Crippen LogP contribution < -0.4 is 9.62 Å². The van der Waals surface area contributed by atoms with E-state index in [4.69, 9.17) is 23.2 Å². The van der Waals surface area contributed by atoms with Crippen molar-refractivity contribution >= 4 is 50.7 Å². The van der Waals surface area contributed by atoms with Crippen LogP contribution in [0.1, 0.15) is 33.3 Å². The van der Waals surface area contributed by atoms with Crippen LogP contribution in [0.3, 0.4) is 0 Å². The molecule has 2 rings (SSSR count). The molecule has 0 heterocycles. The van der Waals surface area contributed by atoms with Crippen LogP contribution in [0.5, 0.6) is 0 Å². The van der Waals surface area contributed by atoms with Crippen LogP contribution in [0.25, 0.3) is 0 Å². The number of hydrogen-bond donors (Lipinski definition) is 1. The zero-order valence-electron chi connectivity index (χ0n) is 20.0. The Kier molecular flexibility index (Phi) is 9.39. The summed E-state index contributed by atoms with van der Waals surface area (Å²) in [6, 6.07) is 13.1. The van der Waals surface area contributed by atoms with Crippen molar-refractivity contribution in [1.82, 2.24) is 10.2 Å². The Balaban J connectivity index is 2.37. The molecule has 186 valence electrons. The molecule has 0 saturated carbocycles. The molecule has 0 aliphatic heterocycles. The van der Waals surface area contributed by atoms with Crippen LogP contribution >= 0.6 is 23.2 Å². The fourth-order valence-electron chi connectivity index (χ4n) is 3.32. The standard InChI is InChI=1S/C24H31Cl2N3O4S/c1-17(23(31)27-24(2,3)4)28(14-13-18-9-7-6-8-10-18)22(30)16-29(34(5,32)33)21-15-19(25)11-12-20(21)26/h6-12,15,17H,13-14,16H2,1-5H3,(H,27,31)/t17-/m1/s1. The second-order valence-electron chi connectivity index (χ2n) is 9.10. The molecule has 0 aromatic heterocycles. The lowest BCUT2D eigenvalue weighted by atomic mass is 10.1. The second-order valence-corrected chi connectivity index (χ2v) is 11.9. The van der Waals surface area contributed by atoms with Crippen molar-refractivity contribution in [3.05, 3.63) is 64.1 Å². The lowest BCUT2D eigenvalue weighted by Crippen LogP contribution is -2.55. The Bertz CT molecular complexity index is 1120. The van der Waals surface area contributed by atoms with Gasteiger partial charge in [-0.15, -0.1) is 0 Å². The zero-order valence-corrected chi connectivity index (χ0v) is 22.3. The van der Waals surface area contributed by atoms with Gasteiger partial charge in [0.1, 0.15) is 12.6 Å². The molecule has 1 atom stereocenters. The first kappa shape index (κ1) is 28.0. The van der Waals surface area contributed by atoms with Gasteiger partial charge in [0.15, 0.2) is 0 Å². The number of sulfonamides is 1. The number of halogens is 2. The van der Waals surface area contributed by atoms with Crippen LogP contribution in [-0.2, 0) is 26.0 Å². The Hall–Kier alpha value is -2.29. The number of anilines is 1. The Morgan fingerprint density at radius 2 is 1.68 bits per heavy atom. The predicted molar refractivity (Wildman–Crippen MR) is 138 cm³/mol. The van der Waals surface area contributed by atoms with Gasteiger partial charge >= 0.3 is 0 Å². The average molecular weight is 529 g/mol. The summed E-state index contributed by atoms with van der Waals surface area (Å²) in [5.41, 5.74) is 0.591. The number of carbonyl (C=O) groups is 2. The third-order valence-electron chi connectivity index (χ3n) is 5.01. The minimum atomic E-state index is -3.89. The predicted octanol–water partition coefficient (Wildman–Crippen LogP) is 4.13. The van der Waals surface area contributed by atoms with E-state index in [1.807, 2.05) is 51.1 Å². The zero-order chi connectivity index (χ0) is 25.7. The second kappa shape index (κ2) is 11.4. The molecule has 2 aromatic rings. The molecule has 0 spiro atoms. The van der Waals surface area contributed by atoms with Gasteiger partial charge in [-0.1, -0.05) is 53.5 Å². The lowest BCUT2D eigenvalue weighted by Gasteiger charge is -2.33. The molecule has 0 radical (unpaired) electrons. The summed E-state index contributed by atoms with van der Waals surface area (Å²) in [7, 11) is -3.89. The molecule has 0 fully saturated rings. The summed E-state index contributed by atoms with van der Waals surface area (Å²) < 4.78 is 26.1. The fraction of sp³-hybridized carbons (Fsp3) is 0.417. The van der Waals surface area contributed by atoms with Gasteiger partial charge in [-0.3, -0.25) is 13.9 Å². The largest absolute Gasteiger partial charge is 0.350 e. The molecule has 0 aliphatic carbocycles. The van der Waals surface area contributed by atoms with E-state index in [0.29, 0.717) is 6.42 Å². The van der Waals surface area contributed by atoms with Crippen LogP contribution in [0.2, 0.25) is 10.0 Å². The number of carbonyl (C=O) groups excluding carboxylic acids is 2. The molecule has 10 heteroatoms. The molecule has 7 nitrogen and oxygen atoms in total. The van der Waals surface area contributed by atoms with Crippen molar-refractivity contribution in [3.8, 4) is 0 Å². The van der Waals surface area contributed by atoms with Crippen molar-refractivity contribution in [1.29, 1.82) is 0 Å². The van der Waals surface area contributed by atoms with E-state index < -0.39 is 34.1 Å². The number of benzene rings is 2. The molecule has 0 unspecified atom stereocenters. The first-order valence-corrected chi connectivity index (χ1v) is 13.4. The van der Waals surface area contributed by atoms with Gasteiger partial charge in [0.05, 0.1) is 17.0 Å². The minimum absolute atomic E-state index is 0.0971. The van der Waals surface area contributed by atoms with Gasteiger partial charge < -0.3 is 10.2 Å². The molecular formula is C24H31Cl2N3O4S. The number of hydrogen-bond acceptors (Lipinski definition) is 4. The van der Waals surface area contributed by atoms with Crippen LogP contribution in [0.4, 0.5) is 5.69 Å². The van der Waals surface area contributed by atoms with Gasteiger partial charge in [0.25, 0.3) is 0 Å². The lowest BCUT2D eigenvalue weighted by molar-refractivity contribution is -0.139. The monoisotopic (exact) mass is 527 g/mol. The normalized spacial score (nSPS) is 12.7. The van der Waals surface area contributed by atoms with E-state index >= 15 is 0 Å². The SMILES string of the molecule is C[C@H](C(=O)NC(C)(C)C)N(CCc1ccccc1)C(=O)CN(c1cc(Cl)ccc1Cl)S(C)(=O)=O. The third kappa shape index (κ3) is 8.18. The van der Waals surface area contributed by atoms with Gasteiger partial charge in [-0.25, -0.2) is 8.42 Å². The van der Waals surface area contributed by atoms with Crippen molar-refractivity contribution in [2.24, 2.45) is 0 Å². The first-order valence-electron chi connectivity index (χ1n) is 10.8. The van der Waals surface area contributed by atoms with Crippen LogP contribution in [0.15, 0.2) is 48.5 Å². The Labute approximate surface area is 212 Å². The highest BCUT2D eigenvalue weighted by Crippen LogP contribution is 2.30. The summed E-state index contributed by atoms with van der Waals surface area (Å²) >= 11 is 12.3. The van der Waals surface area contributed by atoms with Crippen molar-refractivity contribution in [2.45, 2.75) is 45.7 Å². The maximum atomic E-state index is 13.5. The van der Waals surface area contributed by atoms with Gasteiger partial charge in [0.2, 0.25) is 21.8 Å². The molecular weight excluding hydrogens is 497 g/mol. The minimum Gasteiger partial charge on any atom is -0.350 e. The fourth-order valence-corrected chi connectivity index (χ4v) is 4.61. The van der Waals surface area contributed by atoms with E-state index in [1.165, 1.54) is 23.1 Å². The van der Waals surface area contributed by atoms with Crippen molar-refractivity contribution in [3.63, 3.8) is 0 Å². The van der Waals surface area contributed by atoms with E-state index in [0.717, 1.165) is 16.1 Å². The highest BCUT2D eigenvalue weighted by atomic mass is 35.5. The molecule has 2 aromatic carbocycles. The molecule has 0 saturated heterocycles. The highest BCUT2D eigenvalue weighted by molar-refractivity contribution is 7.92. The summed E-state index contributed by atoms with van der Waals surface area (Å²) in [5.74, 6) is -0.866. The maximum Gasteiger partial charge on any atom is 0.244 e. The smallest absolute Gasteiger partial charge is 0.244 e. The van der Waals surface area contributed by atoms with E-state index in [9.17, 15) is 18.0 Å². The van der Waals surface area contributed by atoms with E-state index in [-0.39, 0.29) is 28.2 Å². The van der Waals surface area contributed by atoms with E-state index in [2.05, 4.69) is 5.32 Å². The van der Waals surface area contributed by atoms with Crippen molar-refractivity contribution < 1.29 is 18.0 Å². The Morgan fingerprint density at radius 1 is 1.06 bits per heavy atom. The van der Waals surface area contributed by atoms with Crippen molar-refractivity contribution in [2.75, 3.05) is 23.7 Å². The quantitative estimate of drug-likeness (QED) is 0.530. The molecule has 1 N–H and O–H groups in total. The number of amides is 2. The van der Waals surface area contributed by atoms with Gasteiger partial charge in [-0.05, 0) is 57.9 Å². The van der Waals surface area contributed by atoms with Gasteiger partial charge in [0, 0.05) is 17.1 Å². The third-order valence-corrected chi connectivity index (χ3v) is 6.69. The Morgan fingerprint density at radius 3 is 2.24 bits per heavy atom. The summed E-state index contributed by atoms with van der Waals surface area (Å²) in [5, 5.41) is 3.29. The average Bonchev–Trinajstić information content (AvgIpc) is 2.72. The topological polar surface area (TPSA) is 86.8 Å². The summed E-state index contributed by atoms with van der Waals surface area (Å²) in [4.78, 5) is 27.8. The molecule has 34 heavy (non-hydrogen) atoms. The number of nitrogens with zero attached hydrogens (tertiary/aromatic N) is 2. The molecule has 0 aliphatic rings. The maximum absolute atomic E-state index is 13.5. The van der Waals surface area contributed by atoms with Gasteiger partial charge in [-0.2, -0.15) is 0 Å². The van der Waals surface area contributed by atoms with Crippen LogP contribution in [-0.4, -0.2) is 56.1 Å². The number of rotatable bonds is 9. The summed E-state index contributed by atoms with van der Waals surface area (Å²) in [6.07, 6.45) is 1.48.